The molecule has 118 valence electrons. The number of aryl methyl sites for hydroxylation is 1. The first-order valence-electron chi connectivity index (χ1n) is 7.72. The average molecular weight is 310 g/mol. The molecule has 1 saturated carbocycles. The van der Waals surface area contributed by atoms with Crippen LogP contribution in [-0.4, -0.2) is 21.5 Å². The van der Waals surface area contributed by atoms with Gasteiger partial charge in [0.15, 0.2) is 0 Å². The molecule has 2 rings (SSSR count). The number of benzene rings is 1. The Kier molecular flexibility index (Phi) is 5.07. The van der Waals surface area contributed by atoms with Gasteiger partial charge in [0.05, 0.1) is 4.90 Å². The van der Waals surface area contributed by atoms with Crippen molar-refractivity contribution in [1.29, 1.82) is 0 Å². The zero-order valence-corrected chi connectivity index (χ0v) is 14.0. The monoisotopic (exact) mass is 310 g/mol. The third kappa shape index (κ3) is 4.05. The van der Waals surface area contributed by atoms with Gasteiger partial charge in [-0.3, -0.25) is 0 Å². The van der Waals surface area contributed by atoms with Crippen LogP contribution >= 0.6 is 0 Å². The Morgan fingerprint density at radius 3 is 2.52 bits per heavy atom. The third-order valence-corrected chi connectivity index (χ3v) is 6.01. The molecule has 1 aliphatic carbocycles. The molecule has 0 spiro atoms. The first kappa shape index (κ1) is 16.5. The smallest absolute Gasteiger partial charge is 0.240 e. The molecule has 0 radical (unpaired) electrons. The van der Waals surface area contributed by atoms with Crippen molar-refractivity contribution in [2.75, 3.05) is 13.1 Å². The summed E-state index contributed by atoms with van der Waals surface area (Å²) in [7, 11) is -3.42. The van der Waals surface area contributed by atoms with Crippen molar-refractivity contribution in [2.45, 2.75) is 51.5 Å². The van der Waals surface area contributed by atoms with Gasteiger partial charge in [-0.15, -0.1) is 0 Å². The van der Waals surface area contributed by atoms with E-state index in [1.165, 1.54) is 0 Å². The molecule has 0 amide bonds. The lowest BCUT2D eigenvalue weighted by Gasteiger charge is -2.15. The highest BCUT2D eigenvalue weighted by molar-refractivity contribution is 7.89. The highest BCUT2D eigenvalue weighted by Gasteiger charge is 2.41. The fraction of sp³-hybridized carbons (Fsp3) is 0.625. The Balaban J connectivity index is 2.14. The van der Waals surface area contributed by atoms with Crippen molar-refractivity contribution < 1.29 is 8.42 Å². The van der Waals surface area contributed by atoms with Crippen LogP contribution in [0.4, 0.5) is 0 Å². The van der Waals surface area contributed by atoms with Crippen LogP contribution in [0.1, 0.15) is 44.2 Å². The second-order valence-electron chi connectivity index (χ2n) is 6.06. The van der Waals surface area contributed by atoms with Crippen LogP contribution in [0.2, 0.25) is 0 Å². The van der Waals surface area contributed by atoms with Crippen molar-refractivity contribution >= 4 is 10.0 Å². The van der Waals surface area contributed by atoms with E-state index >= 15 is 0 Å². The normalized spacial score (nSPS) is 16.9. The van der Waals surface area contributed by atoms with Gasteiger partial charge in [-0.2, -0.15) is 0 Å². The van der Waals surface area contributed by atoms with Crippen LogP contribution in [0.5, 0.6) is 0 Å². The van der Waals surface area contributed by atoms with Crippen LogP contribution in [0.15, 0.2) is 23.1 Å². The SMILES string of the molecule is CCNCc1ccc(C)c(S(=O)(=O)NCC2(CC)CC2)c1. The average Bonchev–Trinajstić information content (AvgIpc) is 3.25. The molecule has 21 heavy (non-hydrogen) atoms. The van der Waals surface area contributed by atoms with E-state index < -0.39 is 10.0 Å². The predicted octanol–water partition coefficient (Wildman–Crippen LogP) is 2.57. The number of rotatable bonds is 8. The van der Waals surface area contributed by atoms with Crippen molar-refractivity contribution in [3.63, 3.8) is 0 Å². The van der Waals surface area contributed by atoms with Crippen LogP contribution in [0.3, 0.4) is 0 Å². The summed E-state index contributed by atoms with van der Waals surface area (Å²) >= 11 is 0. The van der Waals surface area contributed by atoms with E-state index in [1.807, 2.05) is 26.0 Å². The summed E-state index contributed by atoms with van der Waals surface area (Å²) < 4.78 is 27.9. The molecular formula is C16H26N2O2S. The summed E-state index contributed by atoms with van der Waals surface area (Å²) in [5.41, 5.74) is 2.01. The topological polar surface area (TPSA) is 58.2 Å². The second-order valence-corrected chi connectivity index (χ2v) is 7.79. The fourth-order valence-corrected chi connectivity index (χ4v) is 3.92. The quantitative estimate of drug-likeness (QED) is 0.776. The zero-order valence-electron chi connectivity index (χ0n) is 13.2. The first-order valence-corrected chi connectivity index (χ1v) is 9.21. The largest absolute Gasteiger partial charge is 0.313 e. The van der Waals surface area contributed by atoms with Gasteiger partial charge in [-0.05, 0) is 55.3 Å². The molecular weight excluding hydrogens is 284 g/mol. The van der Waals surface area contributed by atoms with Gasteiger partial charge in [0.2, 0.25) is 10.0 Å². The van der Waals surface area contributed by atoms with Crippen LogP contribution in [0.25, 0.3) is 0 Å². The maximum atomic E-state index is 12.5. The number of hydrogen-bond acceptors (Lipinski definition) is 3. The minimum atomic E-state index is -3.42. The molecule has 4 nitrogen and oxygen atoms in total. The third-order valence-electron chi connectivity index (χ3n) is 4.47. The van der Waals surface area contributed by atoms with Gasteiger partial charge >= 0.3 is 0 Å². The van der Waals surface area contributed by atoms with Crippen LogP contribution in [-0.2, 0) is 16.6 Å². The highest BCUT2D eigenvalue weighted by Crippen LogP contribution is 2.48. The molecule has 0 unspecified atom stereocenters. The molecule has 0 atom stereocenters. The Morgan fingerprint density at radius 2 is 1.95 bits per heavy atom. The van der Waals surface area contributed by atoms with Gasteiger partial charge in [-0.25, -0.2) is 13.1 Å². The molecule has 2 N–H and O–H groups in total. The van der Waals surface area contributed by atoms with Crippen molar-refractivity contribution in [2.24, 2.45) is 5.41 Å². The molecule has 1 fully saturated rings. The van der Waals surface area contributed by atoms with Gasteiger partial charge < -0.3 is 5.32 Å². The molecule has 0 heterocycles. The lowest BCUT2D eigenvalue weighted by Crippen LogP contribution is -2.30. The van der Waals surface area contributed by atoms with Gasteiger partial charge in [0.25, 0.3) is 0 Å². The summed E-state index contributed by atoms with van der Waals surface area (Å²) in [6.07, 6.45) is 3.30. The summed E-state index contributed by atoms with van der Waals surface area (Å²) in [6.45, 7) is 8.13. The first-order chi connectivity index (χ1) is 9.92. The Morgan fingerprint density at radius 1 is 1.24 bits per heavy atom. The molecule has 0 saturated heterocycles. The summed E-state index contributed by atoms with van der Waals surface area (Å²) in [5, 5.41) is 3.22. The number of nitrogens with one attached hydrogen (secondary N) is 2. The minimum Gasteiger partial charge on any atom is -0.313 e. The molecule has 5 heteroatoms. The number of hydrogen-bond donors (Lipinski definition) is 2. The van der Waals surface area contributed by atoms with E-state index in [-0.39, 0.29) is 5.41 Å². The number of sulfonamides is 1. The Bertz CT molecular complexity index is 592. The maximum Gasteiger partial charge on any atom is 0.240 e. The van der Waals surface area contributed by atoms with Gasteiger partial charge in [0.1, 0.15) is 0 Å². The standard InChI is InChI=1S/C16H26N2O2S/c1-4-16(8-9-16)12-18-21(19,20)15-10-14(11-17-5-2)7-6-13(15)3/h6-7,10,17-18H,4-5,8-9,11-12H2,1-3H3. The molecule has 0 bridgehead atoms. The van der Waals surface area contributed by atoms with Crippen molar-refractivity contribution in [1.82, 2.24) is 10.0 Å². The van der Waals surface area contributed by atoms with E-state index in [1.54, 1.807) is 6.07 Å². The summed E-state index contributed by atoms with van der Waals surface area (Å²) in [5.74, 6) is 0. The molecule has 1 aliphatic rings. The minimum absolute atomic E-state index is 0.211. The fourth-order valence-electron chi connectivity index (χ4n) is 2.47. The second kappa shape index (κ2) is 6.46. The van der Waals surface area contributed by atoms with E-state index in [2.05, 4.69) is 17.0 Å². The maximum absolute atomic E-state index is 12.5. The van der Waals surface area contributed by atoms with E-state index in [4.69, 9.17) is 0 Å². The van der Waals surface area contributed by atoms with E-state index in [9.17, 15) is 8.42 Å². The molecule has 0 aliphatic heterocycles. The Labute approximate surface area is 128 Å². The van der Waals surface area contributed by atoms with Gasteiger partial charge in [-0.1, -0.05) is 26.0 Å². The van der Waals surface area contributed by atoms with Crippen LogP contribution < -0.4 is 10.0 Å². The lowest BCUT2D eigenvalue weighted by molar-refractivity contribution is 0.475. The van der Waals surface area contributed by atoms with E-state index in [0.717, 1.165) is 36.9 Å². The molecule has 0 aromatic heterocycles. The van der Waals surface area contributed by atoms with Crippen LogP contribution in [0, 0.1) is 12.3 Å². The molecule has 1 aromatic carbocycles. The summed E-state index contributed by atoms with van der Waals surface area (Å²) in [4.78, 5) is 0.407. The predicted molar refractivity (Wildman–Crippen MR) is 85.7 cm³/mol. The Hall–Kier alpha value is -0.910. The lowest BCUT2D eigenvalue weighted by atomic mass is 10.1. The zero-order chi connectivity index (χ0) is 15.5. The molecule has 1 aromatic rings. The van der Waals surface area contributed by atoms with Gasteiger partial charge in [0, 0.05) is 13.1 Å². The highest BCUT2D eigenvalue weighted by atomic mass is 32.2. The van der Waals surface area contributed by atoms with E-state index in [0.29, 0.717) is 18.0 Å². The van der Waals surface area contributed by atoms with Crippen molar-refractivity contribution in [3.8, 4) is 0 Å². The van der Waals surface area contributed by atoms with Crippen molar-refractivity contribution in [3.05, 3.63) is 29.3 Å². The summed E-state index contributed by atoms with van der Waals surface area (Å²) in [6, 6.07) is 5.64.